The maximum absolute atomic E-state index is 12.3. The summed E-state index contributed by atoms with van der Waals surface area (Å²) in [7, 11) is 0. The van der Waals surface area contributed by atoms with Gasteiger partial charge in [-0.1, -0.05) is 29.5 Å². The first kappa shape index (κ1) is 16.7. The van der Waals surface area contributed by atoms with E-state index in [-0.39, 0.29) is 17.5 Å². The Morgan fingerprint density at radius 2 is 1.60 bits per heavy atom. The number of hydrogen-bond donors (Lipinski definition) is 2. The van der Waals surface area contributed by atoms with Crippen molar-refractivity contribution >= 4 is 34.5 Å². The molecule has 1 aromatic heterocycles. The van der Waals surface area contributed by atoms with Crippen LogP contribution in [-0.4, -0.2) is 16.8 Å². The van der Waals surface area contributed by atoms with Gasteiger partial charge in [-0.2, -0.15) is 4.98 Å². The summed E-state index contributed by atoms with van der Waals surface area (Å²) in [5.74, 6) is 0.189. The highest BCUT2D eigenvalue weighted by atomic mass is 32.1. The maximum Gasteiger partial charge on any atom is 0.279 e. The van der Waals surface area contributed by atoms with Crippen molar-refractivity contribution in [3.05, 3.63) is 65.7 Å². The van der Waals surface area contributed by atoms with Gasteiger partial charge in [0.05, 0.1) is 0 Å². The average molecular weight is 353 g/mol. The summed E-state index contributed by atoms with van der Waals surface area (Å²) in [5.41, 5.74) is 1.55. The number of thiazole rings is 1. The molecular weight excluding hydrogens is 338 g/mol. The normalized spacial score (nSPS) is 10.1. The van der Waals surface area contributed by atoms with Crippen molar-refractivity contribution < 1.29 is 14.3 Å². The SMILES string of the molecule is CC(=O)Nc1ccc(NC(=O)c2csc(Oc3ccccc3)n2)cc1. The number of carbonyl (C=O) groups is 2. The van der Waals surface area contributed by atoms with Crippen LogP contribution in [0.3, 0.4) is 0 Å². The molecule has 0 atom stereocenters. The molecule has 2 aromatic carbocycles. The van der Waals surface area contributed by atoms with E-state index in [1.807, 2.05) is 30.3 Å². The molecule has 0 saturated carbocycles. The lowest BCUT2D eigenvalue weighted by molar-refractivity contribution is -0.114. The maximum atomic E-state index is 12.3. The van der Waals surface area contributed by atoms with Crippen LogP contribution in [0.4, 0.5) is 11.4 Å². The average Bonchev–Trinajstić information content (AvgIpc) is 3.06. The van der Waals surface area contributed by atoms with Gasteiger partial charge < -0.3 is 15.4 Å². The minimum absolute atomic E-state index is 0.148. The Morgan fingerprint density at radius 1 is 0.960 bits per heavy atom. The molecule has 25 heavy (non-hydrogen) atoms. The zero-order valence-electron chi connectivity index (χ0n) is 13.4. The first-order valence-corrected chi connectivity index (χ1v) is 8.35. The Morgan fingerprint density at radius 3 is 2.24 bits per heavy atom. The molecule has 0 spiro atoms. The molecule has 3 aromatic rings. The van der Waals surface area contributed by atoms with Gasteiger partial charge in [0.1, 0.15) is 11.4 Å². The van der Waals surface area contributed by atoms with Crippen LogP contribution in [0.2, 0.25) is 0 Å². The minimum Gasteiger partial charge on any atom is -0.431 e. The Labute approximate surface area is 148 Å². The van der Waals surface area contributed by atoms with Crippen LogP contribution >= 0.6 is 11.3 Å². The number of benzene rings is 2. The van der Waals surface area contributed by atoms with E-state index in [0.717, 1.165) is 0 Å². The third kappa shape index (κ3) is 4.65. The standard InChI is InChI=1S/C18H15N3O3S/c1-12(22)19-13-7-9-14(10-8-13)20-17(23)16-11-25-18(21-16)24-15-5-3-2-4-6-15/h2-11H,1H3,(H,19,22)(H,20,23). The van der Waals surface area contributed by atoms with Gasteiger partial charge in [-0.3, -0.25) is 9.59 Å². The minimum atomic E-state index is -0.327. The lowest BCUT2D eigenvalue weighted by atomic mass is 10.2. The number of para-hydroxylation sites is 1. The molecule has 2 amide bonds. The van der Waals surface area contributed by atoms with E-state index in [4.69, 9.17) is 4.74 Å². The number of anilines is 2. The van der Waals surface area contributed by atoms with Crippen molar-refractivity contribution in [3.63, 3.8) is 0 Å². The predicted molar refractivity (Wildman–Crippen MR) is 97.3 cm³/mol. The summed E-state index contributed by atoms with van der Waals surface area (Å²) in [6, 6.07) is 16.1. The van der Waals surface area contributed by atoms with Crippen LogP contribution in [0.25, 0.3) is 0 Å². The Kier molecular flexibility index (Phi) is 5.06. The summed E-state index contributed by atoms with van der Waals surface area (Å²) < 4.78 is 5.60. The van der Waals surface area contributed by atoms with Gasteiger partial charge in [-0.15, -0.1) is 0 Å². The molecule has 0 aliphatic heterocycles. The quantitative estimate of drug-likeness (QED) is 0.722. The molecule has 0 aliphatic carbocycles. The summed E-state index contributed by atoms with van der Waals surface area (Å²) in [4.78, 5) is 27.4. The fraction of sp³-hybridized carbons (Fsp3) is 0.0556. The molecule has 2 N–H and O–H groups in total. The smallest absolute Gasteiger partial charge is 0.279 e. The first-order valence-electron chi connectivity index (χ1n) is 7.47. The Balaban J connectivity index is 1.62. The highest BCUT2D eigenvalue weighted by Crippen LogP contribution is 2.25. The van der Waals surface area contributed by atoms with Crippen LogP contribution in [-0.2, 0) is 4.79 Å². The van der Waals surface area contributed by atoms with E-state index in [9.17, 15) is 9.59 Å². The second-order valence-corrected chi connectivity index (χ2v) is 5.95. The molecule has 126 valence electrons. The summed E-state index contributed by atoms with van der Waals surface area (Å²) in [6.45, 7) is 1.44. The van der Waals surface area contributed by atoms with Crippen LogP contribution < -0.4 is 15.4 Å². The van der Waals surface area contributed by atoms with Crippen LogP contribution in [0.15, 0.2) is 60.0 Å². The zero-order valence-corrected chi connectivity index (χ0v) is 14.2. The number of nitrogens with zero attached hydrogens (tertiary/aromatic N) is 1. The van der Waals surface area contributed by atoms with Crippen molar-refractivity contribution in [1.82, 2.24) is 4.98 Å². The van der Waals surface area contributed by atoms with E-state index >= 15 is 0 Å². The lowest BCUT2D eigenvalue weighted by Gasteiger charge is -2.05. The van der Waals surface area contributed by atoms with E-state index < -0.39 is 0 Å². The molecule has 0 bridgehead atoms. The molecule has 7 heteroatoms. The van der Waals surface area contributed by atoms with Gasteiger partial charge in [0.2, 0.25) is 5.91 Å². The highest BCUT2D eigenvalue weighted by molar-refractivity contribution is 7.11. The monoisotopic (exact) mass is 353 g/mol. The molecular formula is C18H15N3O3S. The fourth-order valence-electron chi connectivity index (χ4n) is 2.03. The second-order valence-electron chi connectivity index (χ2n) is 5.13. The van der Waals surface area contributed by atoms with Crippen molar-refractivity contribution in [3.8, 4) is 10.9 Å². The van der Waals surface area contributed by atoms with Gasteiger partial charge in [0.15, 0.2) is 0 Å². The largest absolute Gasteiger partial charge is 0.431 e. The third-order valence-corrected chi connectivity index (χ3v) is 3.84. The third-order valence-electron chi connectivity index (χ3n) is 3.13. The van der Waals surface area contributed by atoms with Crippen LogP contribution in [0, 0.1) is 0 Å². The van der Waals surface area contributed by atoms with Crippen LogP contribution in [0.5, 0.6) is 10.9 Å². The fourth-order valence-corrected chi connectivity index (χ4v) is 2.70. The number of carbonyl (C=O) groups excluding carboxylic acids is 2. The Bertz CT molecular complexity index is 876. The number of hydrogen-bond acceptors (Lipinski definition) is 5. The predicted octanol–water partition coefficient (Wildman–Crippen LogP) is 4.15. The summed E-state index contributed by atoms with van der Waals surface area (Å²) in [6.07, 6.45) is 0. The Hall–Kier alpha value is -3.19. The molecule has 0 unspecified atom stereocenters. The molecule has 0 fully saturated rings. The van der Waals surface area contributed by atoms with E-state index in [1.165, 1.54) is 18.3 Å². The van der Waals surface area contributed by atoms with Gasteiger partial charge in [0.25, 0.3) is 11.1 Å². The summed E-state index contributed by atoms with van der Waals surface area (Å²) >= 11 is 1.25. The molecule has 1 heterocycles. The van der Waals surface area contributed by atoms with Crippen molar-refractivity contribution in [1.29, 1.82) is 0 Å². The molecule has 3 rings (SSSR count). The molecule has 6 nitrogen and oxygen atoms in total. The van der Waals surface area contributed by atoms with Crippen molar-refractivity contribution in [2.24, 2.45) is 0 Å². The molecule has 0 saturated heterocycles. The van der Waals surface area contributed by atoms with E-state index in [2.05, 4.69) is 15.6 Å². The van der Waals surface area contributed by atoms with E-state index in [1.54, 1.807) is 29.6 Å². The van der Waals surface area contributed by atoms with Gasteiger partial charge >= 0.3 is 0 Å². The number of nitrogens with one attached hydrogen (secondary N) is 2. The number of ether oxygens (including phenoxy) is 1. The number of rotatable bonds is 5. The number of aromatic nitrogens is 1. The number of amides is 2. The summed E-state index contributed by atoms with van der Waals surface area (Å²) in [5, 5.41) is 7.46. The lowest BCUT2D eigenvalue weighted by Crippen LogP contribution is -2.12. The van der Waals surface area contributed by atoms with Gasteiger partial charge in [-0.25, -0.2) is 0 Å². The molecule has 0 radical (unpaired) electrons. The van der Waals surface area contributed by atoms with Crippen LogP contribution in [0.1, 0.15) is 17.4 Å². The van der Waals surface area contributed by atoms with Crippen molar-refractivity contribution in [2.45, 2.75) is 6.92 Å². The molecule has 0 aliphatic rings. The highest BCUT2D eigenvalue weighted by Gasteiger charge is 2.12. The van der Waals surface area contributed by atoms with Gasteiger partial charge in [0, 0.05) is 23.7 Å². The zero-order chi connectivity index (χ0) is 17.6. The van der Waals surface area contributed by atoms with Gasteiger partial charge in [-0.05, 0) is 36.4 Å². The van der Waals surface area contributed by atoms with Crippen molar-refractivity contribution in [2.75, 3.05) is 10.6 Å². The first-order chi connectivity index (χ1) is 12.1. The second kappa shape index (κ2) is 7.59. The topological polar surface area (TPSA) is 80.3 Å². The van der Waals surface area contributed by atoms with E-state index in [0.29, 0.717) is 22.3 Å².